The molecule has 36 heavy (non-hydrogen) atoms. The number of nitro groups is 1. The average molecular weight is 482 g/mol. The van der Waals surface area contributed by atoms with Crippen LogP contribution in [0.15, 0.2) is 84.6 Å². The molecule has 1 saturated heterocycles. The summed E-state index contributed by atoms with van der Waals surface area (Å²) in [6, 6.07) is 19.0. The van der Waals surface area contributed by atoms with Gasteiger partial charge in [0, 0.05) is 65.8 Å². The van der Waals surface area contributed by atoms with E-state index in [9.17, 15) is 24.8 Å². The molecular formula is C27H22N4O5. The number of aliphatic hydroxyl groups excluding tert-OH is 1. The van der Waals surface area contributed by atoms with Gasteiger partial charge in [0.2, 0.25) is 0 Å². The molecule has 0 bridgehead atoms. The number of benzene rings is 3. The summed E-state index contributed by atoms with van der Waals surface area (Å²) in [6.07, 6.45) is 1.73. The highest BCUT2D eigenvalue weighted by Gasteiger charge is 2.47. The van der Waals surface area contributed by atoms with Crippen LogP contribution in [-0.4, -0.2) is 40.8 Å². The van der Waals surface area contributed by atoms with Gasteiger partial charge in [-0.2, -0.15) is 0 Å². The number of nitrogens with one attached hydrogen (secondary N) is 1. The number of anilines is 2. The van der Waals surface area contributed by atoms with Crippen molar-refractivity contribution in [3.8, 4) is 0 Å². The number of carbonyl (C=O) groups excluding carboxylic acids is 2. The fourth-order valence-corrected chi connectivity index (χ4v) is 4.52. The van der Waals surface area contributed by atoms with Crippen molar-refractivity contribution in [2.24, 2.45) is 0 Å². The summed E-state index contributed by atoms with van der Waals surface area (Å²) in [5.41, 5.74) is 2.84. The Labute approximate surface area is 206 Å². The van der Waals surface area contributed by atoms with E-state index in [2.05, 4.69) is 4.98 Å². The van der Waals surface area contributed by atoms with E-state index in [1.165, 1.54) is 29.2 Å². The maximum absolute atomic E-state index is 13.4. The molecule has 1 fully saturated rings. The Morgan fingerprint density at radius 1 is 1.00 bits per heavy atom. The van der Waals surface area contributed by atoms with Crippen molar-refractivity contribution in [1.29, 1.82) is 0 Å². The van der Waals surface area contributed by atoms with E-state index in [1.54, 1.807) is 18.3 Å². The van der Waals surface area contributed by atoms with Gasteiger partial charge in [-0.1, -0.05) is 18.2 Å². The largest absolute Gasteiger partial charge is 0.507 e. The van der Waals surface area contributed by atoms with Crippen LogP contribution in [-0.2, 0) is 9.59 Å². The van der Waals surface area contributed by atoms with Gasteiger partial charge in [0.25, 0.3) is 17.4 Å². The van der Waals surface area contributed by atoms with Crippen molar-refractivity contribution in [2.45, 2.75) is 6.04 Å². The number of ketones is 1. The number of H-pyrrole nitrogens is 1. The Hall–Kier alpha value is -4.92. The Kier molecular flexibility index (Phi) is 5.52. The number of hydrogen-bond acceptors (Lipinski definition) is 6. The number of Topliss-reactive ketones (excluding diaryl/α,β-unsaturated/α-hetero) is 1. The minimum Gasteiger partial charge on any atom is -0.507 e. The third kappa shape index (κ3) is 3.67. The van der Waals surface area contributed by atoms with E-state index in [1.807, 2.05) is 55.4 Å². The summed E-state index contributed by atoms with van der Waals surface area (Å²) in [4.78, 5) is 43.7. The quantitative estimate of drug-likeness (QED) is 0.139. The second-order valence-electron chi connectivity index (χ2n) is 8.67. The van der Waals surface area contributed by atoms with Gasteiger partial charge in [-0.3, -0.25) is 24.6 Å². The number of para-hydroxylation sites is 1. The molecule has 9 heteroatoms. The van der Waals surface area contributed by atoms with E-state index in [-0.39, 0.29) is 16.8 Å². The number of hydrogen-bond donors (Lipinski definition) is 2. The molecule has 0 saturated carbocycles. The zero-order chi connectivity index (χ0) is 25.6. The van der Waals surface area contributed by atoms with E-state index >= 15 is 0 Å². The number of aromatic amines is 1. The van der Waals surface area contributed by atoms with Gasteiger partial charge in [0.15, 0.2) is 0 Å². The normalized spacial score (nSPS) is 17.1. The van der Waals surface area contributed by atoms with E-state index in [0.717, 1.165) is 16.6 Å². The highest BCUT2D eigenvalue weighted by atomic mass is 16.6. The third-order valence-corrected chi connectivity index (χ3v) is 6.36. The van der Waals surface area contributed by atoms with Gasteiger partial charge in [0.1, 0.15) is 5.76 Å². The molecule has 0 radical (unpaired) electrons. The number of fused-ring (bicyclic) bond motifs is 1. The average Bonchev–Trinajstić information content (AvgIpc) is 3.42. The number of nitrogens with zero attached hydrogens (tertiary/aromatic N) is 3. The number of rotatable bonds is 5. The fourth-order valence-electron chi connectivity index (χ4n) is 4.52. The molecule has 1 atom stereocenters. The maximum atomic E-state index is 13.4. The van der Waals surface area contributed by atoms with Crippen molar-refractivity contribution in [3.63, 3.8) is 0 Å². The number of amides is 1. The van der Waals surface area contributed by atoms with Gasteiger partial charge in [-0.25, -0.2) is 0 Å². The fraction of sp³-hybridized carbons (Fsp3) is 0.111. The third-order valence-electron chi connectivity index (χ3n) is 6.36. The first-order valence-electron chi connectivity index (χ1n) is 11.2. The lowest BCUT2D eigenvalue weighted by Crippen LogP contribution is -2.29. The van der Waals surface area contributed by atoms with Crippen LogP contribution in [0.3, 0.4) is 0 Å². The highest BCUT2D eigenvalue weighted by molar-refractivity contribution is 6.51. The second kappa shape index (κ2) is 8.70. The number of non-ortho nitro benzene ring substituents is 1. The van der Waals surface area contributed by atoms with E-state index in [4.69, 9.17) is 0 Å². The summed E-state index contributed by atoms with van der Waals surface area (Å²) in [5.74, 6) is -2.00. The van der Waals surface area contributed by atoms with Crippen LogP contribution in [0.5, 0.6) is 0 Å². The van der Waals surface area contributed by atoms with Crippen LogP contribution in [0, 0.1) is 10.1 Å². The van der Waals surface area contributed by atoms with Gasteiger partial charge >= 0.3 is 0 Å². The first kappa shape index (κ1) is 22.9. The molecule has 3 aromatic carbocycles. The molecule has 0 aliphatic carbocycles. The second-order valence-corrected chi connectivity index (χ2v) is 8.67. The smallest absolute Gasteiger partial charge is 0.300 e. The van der Waals surface area contributed by atoms with Crippen molar-refractivity contribution in [2.75, 3.05) is 23.9 Å². The Bertz CT molecular complexity index is 1530. The summed E-state index contributed by atoms with van der Waals surface area (Å²) in [7, 11) is 3.80. The first-order valence-corrected chi connectivity index (χ1v) is 11.2. The predicted octanol–water partition coefficient (Wildman–Crippen LogP) is 4.77. The van der Waals surface area contributed by atoms with Gasteiger partial charge in [0.05, 0.1) is 16.5 Å². The minimum absolute atomic E-state index is 0.0877. The summed E-state index contributed by atoms with van der Waals surface area (Å²) < 4.78 is 0. The molecule has 180 valence electrons. The Morgan fingerprint density at radius 3 is 2.31 bits per heavy atom. The Morgan fingerprint density at radius 2 is 1.67 bits per heavy atom. The van der Waals surface area contributed by atoms with Crippen molar-refractivity contribution in [3.05, 3.63) is 106 Å². The molecule has 0 spiro atoms. The van der Waals surface area contributed by atoms with E-state index in [0.29, 0.717) is 11.3 Å². The molecule has 1 amide bonds. The van der Waals surface area contributed by atoms with E-state index < -0.39 is 28.4 Å². The lowest BCUT2D eigenvalue weighted by Gasteiger charge is -2.25. The van der Waals surface area contributed by atoms with Crippen LogP contribution >= 0.6 is 0 Å². The molecule has 1 aromatic heterocycles. The summed E-state index contributed by atoms with van der Waals surface area (Å²) >= 11 is 0. The van der Waals surface area contributed by atoms with Gasteiger partial charge in [-0.15, -0.1) is 0 Å². The molecule has 2 N–H and O–H groups in total. The monoisotopic (exact) mass is 482 g/mol. The van der Waals surface area contributed by atoms with Gasteiger partial charge in [-0.05, 0) is 42.5 Å². The molecule has 4 aromatic rings. The number of carbonyl (C=O) groups is 2. The lowest BCUT2D eigenvalue weighted by molar-refractivity contribution is -0.384. The van der Waals surface area contributed by atoms with Crippen LogP contribution in [0.4, 0.5) is 17.1 Å². The molecule has 5 rings (SSSR count). The molecule has 1 aliphatic heterocycles. The predicted molar refractivity (Wildman–Crippen MR) is 137 cm³/mol. The molecule has 1 aliphatic rings. The van der Waals surface area contributed by atoms with Crippen LogP contribution < -0.4 is 9.80 Å². The minimum atomic E-state index is -0.915. The van der Waals surface area contributed by atoms with Crippen LogP contribution in [0.25, 0.3) is 16.7 Å². The maximum Gasteiger partial charge on any atom is 0.300 e. The van der Waals surface area contributed by atoms with Gasteiger partial charge < -0.3 is 15.0 Å². The molecule has 2 heterocycles. The molecule has 9 nitrogen and oxygen atoms in total. The topological polar surface area (TPSA) is 120 Å². The molecule has 1 unspecified atom stereocenters. The first-order chi connectivity index (χ1) is 17.3. The molecular weight excluding hydrogens is 460 g/mol. The SMILES string of the molecule is CN(C)c1ccc(N2C(=O)C(=O)/C(=C(/O)c3ccc([N+](=O)[O-])cc3)C2c2c[nH]c3ccccc23)cc1. The number of aliphatic hydroxyl groups is 1. The van der Waals surface area contributed by atoms with Crippen LogP contribution in [0.1, 0.15) is 17.2 Å². The standard InChI is InChI=1S/C27H22N4O5/c1-29(2)17-11-13-18(14-12-17)30-24(21-15-28-22-6-4-3-5-20(21)22)23(26(33)27(30)34)25(32)16-7-9-19(10-8-16)31(35)36/h3-15,24,28,32H,1-2H3/b25-23+. The van der Waals surface area contributed by atoms with Crippen molar-refractivity contribution in [1.82, 2.24) is 4.98 Å². The van der Waals surface area contributed by atoms with Crippen molar-refractivity contribution < 1.29 is 19.6 Å². The Balaban J connectivity index is 1.72. The lowest BCUT2D eigenvalue weighted by atomic mass is 9.94. The van der Waals surface area contributed by atoms with Crippen molar-refractivity contribution >= 4 is 45.4 Å². The number of aromatic nitrogens is 1. The zero-order valence-corrected chi connectivity index (χ0v) is 19.5. The zero-order valence-electron chi connectivity index (χ0n) is 19.5. The number of nitro benzene ring substituents is 1. The van der Waals surface area contributed by atoms with Crippen LogP contribution in [0.2, 0.25) is 0 Å². The highest BCUT2D eigenvalue weighted by Crippen LogP contribution is 2.44. The summed E-state index contributed by atoms with van der Waals surface area (Å²) in [6.45, 7) is 0. The summed E-state index contributed by atoms with van der Waals surface area (Å²) in [5, 5.41) is 23.1.